The molecular formula is C86H168O17P2. The summed E-state index contributed by atoms with van der Waals surface area (Å²) < 4.78 is 68.8. The van der Waals surface area contributed by atoms with Crippen molar-refractivity contribution >= 4 is 39.5 Å². The first kappa shape index (κ1) is 103. The second kappa shape index (κ2) is 77.4. The Hall–Kier alpha value is -1.94. The van der Waals surface area contributed by atoms with Gasteiger partial charge in [-0.2, -0.15) is 0 Å². The lowest BCUT2D eigenvalue weighted by atomic mass is 9.99. The molecule has 0 rings (SSSR count). The quantitative estimate of drug-likeness (QED) is 0.0222. The summed E-state index contributed by atoms with van der Waals surface area (Å²) in [5, 5.41) is 10.7. The molecule has 0 aromatic rings. The number of carbonyl (C=O) groups is 4. The zero-order valence-electron chi connectivity index (χ0n) is 69.0. The van der Waals surface area contributed by atoms with E-state index in [-0.39, 0.29) is 25.7 Å². The van der Waals surface area contributed by atoms with Crippen LogP contribution in [0, 0.1) is 11.8 Å². The van der Waals surface area contributed by atoms with Gasteiger partial charge in [-0.05, 0) is 37.5 Å². The van der Waals surface area contributed by atoms with Crippen molar-refractivity contribution < 1.29 is 80.2 Å². The van der Waals surface area contributed by atoms with E-state index >= 15 is 0 Å². The van der Waals surface area contributed by atoms with Crippen molar-refractivity contribution in [3.05, 3.63) is 0 Å². The Kier molecular flexibility index (Phi) is 76.0. The molecule has 0 saturated carbocycles. The van der Waals surface area contributed by atoms with Gasteiger partial charge in [-0.3, -0.25) is 37.3 Å². The van der Waals surface area contributed by atoms with Crippen molar-refractivity contribution in [2.24, 2.45) is 11.8 Å². The summed E-state index contributed by atoms with van der Waals surface area (Å²) in [7, 11) is -9.92. The highest BCUT2D eigenvalue weighted by Crippen LogP contribution is 2.45. The van der Waals surface area contributed by atoms with Gasteiger partial charge in [0, 0.05) is 25.7 Å². The molecule has 0 bridgehead atoms. The van der Waals surface area contributed by atoms with Crippen LogP contribution in [-0.4, -0.2) is 96.7 Å². The number of aliphatic hydroxyl groups is 1. The zero-order valence-corrected chi connectivity index (χ0v) is 70.8. The molecule has 3 N–H and O–H groups in total. The third kappa shape index (κ3) is 78.5. The molecule has 0 heterocycles. The van der Waals surface area contributed by atoms with Crippen LogP contribution in [0.2, 0.25) is 0 Å². The Morgan fingerprint density at radius 3 is 0.724 bits per heavy atom. The molecule has 17 nitrogen and oxygen atoms in total. The van der Waals surface area contributed by atoms with E-state index < -0.39 is 97.5 Å². The number of rotatable bonds is 85. The van der Waals surface area contributed by atoms with E-state index in [2.05, 4.69) is 41.5 Å². The molecule has 3 unspecified atom stereocenters. The molecule has 0 spiro atoms. The van der Waals surface area contributed by atoms with Gasteiger partial charge in [-0.1, -0.05) is 408 Å². The van der Waals surface area contributed by atoms with E-state index in [1.54, 1.807) is 0 Å². The van der Waals surface area contributed by atoms with Crippen molar-refractivity contribution in [2.45, 2.75) is 477 Å². The Morgan fingerprint density at radius 1 is 0.276 bits per heavy atom. The van der Waals surface area contributed by atoms with Crippen LogP contribution < -0.4 is 0 Å². The second-order valence-electron chi connectivity index (χ2n) is 31.6. The summed E-state index contributed by atoms with van der Waals surface area (Å²) in [6.07, 6.45) is 69.4. The summed E-state index contributed by atoms with van der Waals surface area (Å²) in [5.41, 5.74) is 0. The van der Waals surface area contributed by atoms with E-state index in [4.69, 9.17) is 37.0 Å². The highest BCUT2D eigenvalue weighted by molar-refractivity contribution is 7.47. The summed E-state index contributed by atoms with van der Waals surface area (Å²) in [6, 6.07) is 0. The first-order chi connectivity index (χ1) is 50.9. The average Bonchev–Trinajstić information content (AvgIpc) is 1.11. The molecular weight excluding hydrogens is 1370 g/mol. The Morgan fingerprint density at radius 2 is 0.486 bits per heavy atom. The third-order valence-corrected chi connectivity index (χ3v) is 22.5. The van der Waals surface area contributed by atoms with Crippen LogP contribution in [-0.2, 0) is 65.4 Å². The van der Waals surface area contributed by atoms with E-state index in [9.17, 15) is 43.2 Å². The van der Waals surface area contributed by atoms with Crippen LogP contribution in [0.5, 0.6) is 0 Å². The lowest BCUT2D eigenvalue weighted by Crippen LogP contribution is -2.30. The van der Waals surface area contributed by atoms with Crippen LogP contribution in [0.3, 0.4) is 0 Å². The molecule has 0 radical (unpaired) electrons. The van der Waals surface area contributed by atoms with Crippen LogP contribution in [0.4, 0.5) is 0 Å². The number of aliphatic hydroxyl groups excluding tert-OH is 1. The SMILES string of the molecule is CCCCCCCCCCCCCCCCCCCC(=O)O[C@H](COC(=O)CCCCCCCCCCC)COP(=O)(O)OC[C@H](O)COP(=O)(O)OC[C@@H](COC(=O)CCCCCCCCCCCCCCCCC(C)C)OC(=O)CCCCCCCCCCCCCCCCCCCCC(C)CC. The summed E-state index contributed by atoms with van der Waals surface area (Å²) in [6.45, 7) is 9.75. The van der Waals surface area contributed by atoms with Gasteiger partial charge in [0.2, 0.25) is 0 Å². The standard InChI is InChI=1S/C86H168O17P2/c1-7-10-12-14-16-18-19-20-21-24-28-35-40-46-52-58-64-70-85(90)102-81(74-96-83(88)68-62-56-50-42-17-15-13-11-8-2)76-100-104(92,93)98-72-80(87)73-99-105(94,95)101-77-82(75-97-84(89)69-63-57-51-45-39-34-31-30-32-37-43-48-54-60-66-78(4)5)103-86(91)71-65-59-53-47-41-36-29-26-23-22-25-27-33-38-44-49-55-61-67-79(6)9-3/h78-82,87H,7-77H2,1-6H3,(H,92,93)(H,94,95)/t79?,80-,81+,82+/m0/s1. The number of ether oxygens (including phenoxy) is 4. The predicted octanol–water partition coefficient (Wildman–Crippen LogP) is 26.2. The van der Waals surface area contributed by atoms with Gasteiger partial charge in [0.25, 0.3) is 0 Å². The normalized spacial score (nSPS) is 14.1. The molecule has 0 fully saturated rings. The zero-order chi connectivity index (χ0) is 77.1. The van der Waals surface area contributed by atoms with Crippen LogP contribution in [0.1, 0.15) is 459 Å². The Balaban J connectivity index is 5.20. The maximum atomic E-state index is 13.1. The fourth-order valence-corrected chi connectivity index (χ4v) is 15.0. The molecule has 105 heavy (non-hydrogen) atoms. The number of carbonyl (C=O) groups excluding carboxylic acids is 4. The van der Waals surface area contributed by atoms with Gasteiger partial charge in [0.15, 0.2) is 12.2 Å². The molecule has 0 amide bonds. The minimum absolute atomic E-state index is 0.109. The average molecular weight is 1540 g/mol. The van der Waals surface area contributed by atoms with Gasteiger partial charge >= 0.3 is 39.5 Å². The van der Waals surface area contributed by atoms with E-state index in [1.807, 2.05) is 0 Å². The molecule has 6 atom stereocenters. The van der Waals surface area contributed by atoms with Crippen LogP contribution >= 0.6 is 15.6 Å². The first-order valence-electron chi connectivity index (χ1n) is 44.5. The second-order valence-corrected chi connectivity index (χ2v) is 34.6. The molecule has 624 valence electrons. The molecule has 0 aliphatic rings. The van der Waals surface area contributed by atoms with Gasteiger partial charge in [-0.25, -0.2) is 9.13 Å². The van der Waals surface area contributed by atoms with Gasteiger partial charge in [0.1, 0.15) is 19.3 Å². The van der Waals surface area contributed by atoms with E-state index in [1.165, 1.54) is 276 Å². The summed E-state index contributed by atoms with van der Waals surface area (Å²) in [4.78, 5) is 73.2. The van der Waals surface area contributed by atoms with Crippen LogP contribution in [0.15, 0.2) is 0 Å². The number of phosphoric acid groups is 2. The predicted molar refractivity (Wildman–Crippen MR) is 432 cm³/mol. The monoisotopic (exact) mass is 1540 g/mol. The summed E-state index contributed by atoms with van der Waals surface area (Å²) in [5.74, 6) is -0.432. The van der Waals surface area contributed by atoms with Gasteiger partial charge in [0.05, 0.1) is 26.4 Å². The van der Waals surface area contributed by atoms with E-state index in [0.717, 1.165) is 102 Å². The maximum absolute atomic E-state index is 13.1. The smallest absolute Gasteiger partial charge is 0.462 e. The van der Waals surface area contributed by atoms with Crippen molar-refractivity contribution in [3.8, 4) is 0 Å². The van der Waals surface area contributed by atoms with Crippen molar-refractivity contribution in [3.63, 3.8) is 0 Å². The Bertz CT molecular complexity index is 2010. The minimum atomic E-state index is -4.97. The molecule has 0 aromatic carbocycles. The fourth-order valence-electron chi connectivity index (χ4n) is 13.4. The van der Waals surface area contributed by atoms with Crippen LogP contribution in [0.25, 0.3) is 0 Å². The highest BCUT2D eigenvalue weighted by Gasteiger charge is 2.30. The lowest BCUT2D eigenvalue weighted by Gasteiger charge is -2.21. The van der Waals surface area contributed by atoms with Gasteiger partial charge in [-0.15, -0.1) is 0 Å². The third-order valence-electron chi connectivity index (χ3n) is 20.6. The van der Waals surface area contributed by atoms with Crippen molar-refractivity contribution in [1.29, 1.82) is 0 Å². The topological polar surface area (TPSA) is 237 Å². The molecule has 0 aliphatic carbocycles. The van der Waals surface area contributed by atoms with Crippen molar-refractivity contribution in [1.82, 2.24) is 0 Å². The number of phosphoric ester groups is 2. The van der Waals surface area contributed by atoms with Crippen molar-refractivity contribution in [2.75, 3.05) is 39.6 Å². The number of unbranched alkanes of at least 4 members (excludes halogenated alkanes) is 54. The Labute approximate surface area is 645 Å². The highest BCUT2D eigenvalue weighted by atomic mass is 31.2. The lowest BCUT2D eigenvalue weighted by molar-refractivity contribution is -0.161. The number of esters is 4. The van der Waals surface area contributed by atoms with Gasteiger partial charge < -0.3 is 33.8 Å². The molecule has 0 aromatic heterocycles. The number of hydrogen-bond acceptors (Lipinski definition) is 15. The minimum Gasteiger partial charge on any atom is -0.462 e. The first-order valence-corrected chi connectivity index (χ1v) is 47.5. The fraction of sp³-hybridized carbons (Fsp3) is 0.953. The van der Waals surface area contributed by atoms with E-state index in [0.29, 0.717) is 25.7 Å². The largest absolute Gasteiger partial charge is 0.472 e. The maximum Gasteiger partial charge on any atom is 0.472 e. The molecule has 19 heteroatoms. The summed E-state index contributed by atoms with van der Waals surface area (Å²) >= 11 is 0. The molecule has 0 saturated heterocycles. The number of hydrogen-bond donors (Lipinski definition) is 3. The molecule has 0 aliphatic heterocycles.